The molecule has 0 bridgehead atoms. The highest BCUT2D eigenvalue weighted by molar-refractivity contribution is 7.11. The molecule has 2 amide bonds. The summed E-state index contributed by atoms with van der Waals surface area (Å²) >= 11 is 1.76. The molecule has 0 saturated carbocycles. The van der Waals surface area contributed by atoms with Crippen molar-refractivity contribution in [2.75, 3.05) is 33.2 Å². The molecule has 128 valence electrons. The minimum atomic E-state index is 0.122. The number of piperidine rings is 2. The zero-order valence-electron chi connectivity index (χ0n) is 14.3. The van der Waals surface area contributed by atoms with Crippen LogP contribution in [0.2, 0.25) is 0 Å². The molecule has 2 saturated heterocycles. The Balaban J connectivity index is 1.49. The number of aryl methyl sites for hydroxylation is 1. The quantitative estimate of drug-likeness (QED) is 0.918. The summed E-state index contributed by atoms with van der Waals surface area (Å²) in [5.41, 5.74) is 0. The normalized spacial score (nSPS) is 25.2. The van der Waals surface area contributed by atoms with E-state index in [0.29, 0.717) is 18.5 Å². The van der Waals surface area contributed by atoms with E-state index in [9.17, 15) is 4.79 Å². The van der Waals surface area contributed by atoms with E-state index in [4.69, 9.17) is 0 Å². The van der Waals surface area contributed by atoms with E-state index in [1.807, 2.05) is 6.20 Å². The fourth-order valence-electron chi connectivity index (χ4n) is 3.84. The third-order valence-electron chi connectivity index (χ3n) is 5.10. The zero-order chi connectivity index (χ0) is 16.2. The highest BCUT2D eigenvalue weighted by Gasteiger charge is 2.37. The molecule has 1 aromatic rings. The van der Waals surface area contributed by atoms with Gasteiger partial charge in [-0.05, 0) is 45.2 Å². The molecule has 0 radical (unpaired) electrons. The van der Waals surface area contributed by atoms with Gasteiger partial charge in [-0.25, -0.2) is 9.78 Å². The van der Waals surface area contributed by atoms with Crippen molar-refractivity contribution in [2.24, 2.45) is 5.92 Å². The van der Waals surface area contributed by atoms with Crippen LogP contribution in [-0.4, -0.2) is 60.1 Å². The lowest BCUT2D eigenvalue weighted by Crippen LogP contribution is -2.57. The van der Waals surface area contributed by atoms with Crippen molar-refractivity contribution in [3.05, 3.63) is 16.1 Å². The number of thiazole rings is 1. The van der Waals surface area contributed by atoms with E-state index in [0.717, 1.165) is 50.3 Å². The molecule has 0 spiro atoms. The minimum absolute atomic E-state index is 0.122. The Morgan fingerprint density at radius 3 is 3.09 bits per heavy atom. The second-order valence-electron chi connectivity index (χ2n) is 6.77. The van der Waals surface area contributed by atoms with E-state index in [1.54, 1.807) is 11.3 Å². The fraction of sp³-hybridized carbons (Fsp3) is 0.765. The number of hydrogen-bond donors (Lipinski definition) is 1. The first-order valence-electron chi connectivity index (χ1n) is 8.84. The van der Waals surface area contributed by atoms with E-state index >= 15 is 0 Å². The summed E-state index contributed by atoms with van der Waals surface area (Å²) in [4.78, 5) is 22.8. The third-order valence-corrected chi connectivity index (χ3v) is 6.30. The summed E-state index contributed by atoms with van der Waals surface area (Å²) in [7, 11) is 2.19. The van der Waals surface area contributed by atoms with Gasteiger partial charge in [0.2, 0.25) is 0 Å². The van der Waals surface area contributed by atoms with Crippen molar-refractivity contribution in [3.8, 4) is 0 Å². The monoisotopic (exact) mass is 336 g/mol. The van der Waals surface area contributed by atoms with E-state index in [1.165, 1.54) is 11.3 Å². The number of carbonyl (C=O) groups excluding carboxylic acids is 1. The maximum atomic E-state index is 12.6. The predicted molar refractivity (Wildman–Crippen MR) is 93.9 cm³/mol. The average molecular weight is 337 g/mol. The van der Waals surface area contributed by atoms with Gasteiger partial charge in [0, 0.05) is 43.2 Å². The second-order valence-corrected chi connectivity index (χ2v) is 7.97. The van der Waals surface area contributed by atoms with Crippen LogP contribution in [0.3, 0.4) is 0 Å². The van der Waals surface area contributed by atoms with Crippen LogP contribution in [0.5, 0.6) is 0 Å². The Morgan fingerprint density at radius 1 is 1.43 bits per heavy atom. The number of urea groups is 1. The molecule has 3 rings (SSSR count). The van der Waals surface area contributed by atoms with Gasteiger partial charge in [0.1, 0.15) is 0 Å². The number of aromatic nitrogens is 1. The Kier molecular flexibility index (Phi) is 5.54. The van der Waals surface area contributed by atoms with Crippen molar-refractivity contribution >= 4 is 17.4 Å². The van der Waals surface area contributed by atoms with Crippen molar-refractivity contribution in [1.29, 1.82) is 0 Å². The zero-order valence-corrected chi connectivity index (χ0v) is 15.1. The van der Waals surface area contributed by atoms with Gasteiger partial charge in [0.05, 0.1) is 5.01 Å². The molecule has 5 nitrogen and oxygen atoms in total. The Hall–Kier alpha value is -1.14. The fourth-order valence-corrected chi connectivity index (χ4v) is 4.70. The molecular formula is C17H28N4OS. The minimum Gasteiger partial charge on any atom is -0.338 e. The van der Waals surface area contributed by atoms with Gasteiger partial charge >= 0.3 is 6.03 Å². The molecule has 0 aromatic carbocycles. The van der Waals surface area contributed by atoms with E-state index in [2.05, 4.69) is 34.1 Å². The number of carbonyl (C=O) groups is 1. The van der Waals surface area contributed by atoms with E-state index < -0.39 is 0 Å². The molecule has 3 heterocycles. The van der Waals surface area contributed by atoms with Crippen LogP contribution in [0.15, 0.2) is 6.20 Å². The Labute approximate surface area is 143 Å². The summed E-state index contributed by atoms with van der Waals surface area (Å²) < 4.78 is 0. The number of likely N-dealkylation sites (tertiary alicyclic amines) is 2. The van der Waals surface area contributed by atoms with Crippen LogP contribution in [0.25, 0.3) is 0 Å². The molecule has 6 heteroatoms. The molecule has 1 N–H and O–H groups in total. The maximum absolute atomic E-state index is 12.6. The van der Waals surface area contributed by atoms with Crippen molar-refractivity contribution in [1.82, 2.24) is 20.1 Å². The number of rotatable bonds is 4. The summed E-state index contributed by atoms with van der Waals surface area (Å²) in [5, 5.41) is 4.24. The Bertz CT molecular complexity index is 532. The first-order chi connectivity index (χ1) is 11.2. The molecule has 23 heavy (non-hydrogen) atoms. The van der Waals surface area contributed by atoms with Crippen LogP contribution in [0, 0.1) is 5.92 Å². The smallest absolute Gasteiger partial charge is 0.317 e. The van der Waals surface area contributed by atoms with Gasteiger partial charge in [0.25, 0.3) is 0 Å². The SMILES string of the molecule is CCc1cnc(CCNC(=O)N2CCCC3CN(C)CCC32)s1. The van der Waals surface area contributed by atoms with Gasteiger partial charge in [0.15, 0.2) is 0 Å². The summed E-state index contributed by atoms with van der Waals surface area (Å²) in [6.07, 6.45) is 7.33. The molecule has 0 aliphatic carbocycles. The lowest BCUT2D eigenvalue weighted by Gasteiger charge is -2.46. The molecule has 2 aliphatic rings. The van der Waals surface area contributed by atoms with Gasteiger partial charge < -0.3 is 15.1 Å². The van der Waals surface area contributed by atoms with E-state index in [-0.39, 0.29) is 6.03 Å². The average Bonchev–Trinajstić information content (AvgIpc) is 3.02. The van der Waals surface area contributed by atoms with Gasteiger partial charge in [-0.2, -0.15) is 0 Å². The number of amides is 2. The first-order valence-corrected chi connectivity index (χ1v) is 9.65. The van der Waals surface area contributed by atoms with Crippen molar-refractivity contribution < 1.29 is 4.79 Å². The summed E-state index contributed by atoms with van der Waals surface area (Å²) in [6, 6.07) is 0.558. The van der Waals surface area contributed by atoms with Crippen LogP contribution < -0.4 is 5.32 Å². The number of nitrogens with zero attached hydrogens (tertiary/aromatic N) is 3. The number of fused-ring (bicyclic) bond motifs is 1. The molecule has 2 unspecified atom stereocenters. The van der Waals surface area contributed by atoms with Gasteiger partial charge in [-0.15, -0.1) is 11.3 Å². The standard InChI is InChI=1S/C17H28N4OS/c1-3-14-11-19-16(23-14)6-8-18-17(22)21-9-4-5-13-12-20(2)10-7-15(13)21/h11,13,15H,3-10,12H2,1-2H3,(H,18,22). The molecule has 2 atom stereocenters. The second kappa shape index (κ2) is 7.62. The lowest BCUT2D eigenvalue weighted by atomic mass is 9.84. The summed E-state index contributed by atoms with van der Waals surface area (Å²) in [6.45, 7) is 5.97. The van der Waals surface area contributed by atoms with Crippen LogP contribution in [0.4, 0.5) is 4.79 Å². The molecule has 2 fully saturated rings. The Morgan fingerprint density at radius 2 is 2.30 bits per heavy atom. The van der Waals surface area contributed by atoms with Crippen molar-refractivity contribution in [3.63, 3.8) is 0 Å². The number of nitrogens with one attached hydrogen (secondary N) is 1. The highest BCUT2D eigenvalue weighted by Crippen LogP contribution is 2.30. The molecule has 2 aliphatic heterocycles. The highest BCUT2D eigenvalue weighted by atomic mass is 32.1. The topological polar surface area (TPSA) is 48.5 Å². The maximum Gasteiger partial charge on any atom is 0.317 e. The largest absolute Gasteiger partial charge is 0.338 e. The van der Waals surface area contributed by atoms with Crippen molar-refractivity contribution in [2.45, 2.75) is 45.1 Å². The third kappa shape index (κ3) is 4.04. The van der Waals surface area contributed by atoms with Crippen LogP contribution in [-0.2, 0) is 12.8 Å². The molecule has 1 aromatic heterocycles. The van der Waals surface area contributed by atoms with Gasteiger partial charge in [-0.1, -0.05) is 6.92 Å². The number of hydrogen-bond acceptors (Lipinski definition) is 4. The predicted octanol–water partition coefficient (Wildman–Crippen LogP) is 2.37. The van der Waals surface area contributed by atoms with Gasteiger partial charge in [-0.3, -0.25) is 0 Å². The lowest BCUT2D eigenvalue weighted by molar-refractivity contribution is 0.0534. The van der Waals surface area contributed by atoms with Crippen LogP contribution >= 0.6 is 11.3 Å². The summed E-state index contributed by atoms with van der Waals surface area (Å²) in [5.74, 6) is 0.652. The van der Waals surface area contributed by atoms with Crippen LogP contribution in [0.1, 0.15) is 36.1 Å². The first kappa shape index (κ1) is 16.7. The molecular weight excluding hydrogens is 308 g/mol.